The van der Waals surface area contributed by atoms with E-state index in [-0.39, 0.29) is 11.3 Å². The van der Waals surface area contributed by atoms with Crippen molar-refractivity contribution in [1.82, 2.24) is 9.80 Å². The first kappa shape index (κ1) is 30.0. The summed E-state index contributed by atoms with van der Waals surface area (Å²) in [5.74, 6) is 0.712. The highest BCUT2D eigenvalue weighted by atomic mass is 16.5. The summed E-state index contributed by atoms with van der Waals surface area (Å²) in [7, 11) is 3.14. The Kier molecular flexibility index (Phi) is 10.4. The van der Waals surface area contributed by atoms with Crippen molar-refractivity contribution in [2.45, 2.75) is 47.1 Å². The number of hydrogen-bond acceptors (Lipinski definition) is 7. The highest BCUT2D eigenvalue weighted by Gasteiger charge is 2.46. The van der Waals surface area contributed by atoms with Gasteiger partial charge in [-0.2, -0.15) is 0 Å². The monoisotopic (exact) mass is 538 g/mol. The molecule has 1 aliphatic rings. The second-order valence-electron chi connectivity index (χ2n) is 10.1. The van der Waals surface area contributed by atoms with Gasteiger partial charge >= 0.3 is 0 Å². The fraction of sp³-hybridized carbons (Fsp3) is 0.484. The maximum Gasteiger partial charge on any atom is 0.295 e. The number of amides is 1. The lowest BCUT2D eigenvalue weighted by atomic mass is 9.94. The third-order valence-electron chi connectivity index (χ3n) is 7.22. The van der Waals surface area contributed by atoms with Crippen LogP contribution in [0.25, 0.3) is 5.76 Å². The summed E-state index contributed by atoms with van der Waals surface area (Å²) < 4.78 is 16.9. The molecule has 0 aromatic heterocycles. The van der Waals surface area contributed by atoms with Crippen molar-refractivity contribution in [3.05, 3.63) is 58.7 Å². The van der Waals surface area contributed by atoms with E-state index in [4.69, 9.17) is 14.2 Å². The van der Waals surface area contributed by atoms with Gasteiger partial charge in [0.15, 0.2) is 11.5 Å². The van der Waals surface area contributed by atoms with Crippen LogP contribution in [-0.4, -0.2) is 73.6 Å². The van der Waals surface area contributed by atoms with E-state index in [0.29, 0.717) is 54.0 Å². The topological polar surface area (TPSA) is 88.5 Å². The summed E-state index contributed by atoms with van der Waals surface area (Å²) in [6, 6.07) is 9.83. The fourth-order valence-electron chi connectivity index (χ4n) is 4.81. The Morgan fingerprint density at radius 1 is 1.00 bits per heavy atom. The maximum absolute atomic E-state index is 13.4. The van der Waals surface area contributed by atoms with E-state index in [9.17, 15) is 14.7 Å². The van der Waals surface area contributed by atoms with Gasteiger partial charge in [-0.05, 0) is 73.8 Å². The number of carbonyl (C=O) groups is 2. The predicted octanol–water partition coefficient (Wildman–Crippen LogP) is 5.20. The van der Waals surface area contributed by atoms with E-state index in [2.05, 4.69) is 32.6 Å². The van der Waals surface area contributed by atoms with Gasteiger partial charge in [0.2, 0.25) is 0 Å². The van der Waals surface area contributed by atoms with Crippen molar-refractivity contribution in [2.75, 3.05) is 47.0 Å². The van der Waals surface area contributed by atoms with Crippen molar-refractivity contribution < 1.29 is 28.9 Å². The van der Waals surface area contributed by atoms with Crippen molar-refractivity contribution in [3.8, 4) is 17.2 Å². The minimum atomic E-state index is -0.776. The average molecular weight is 539 g/mol. The fourth-order valence-corrected chi connectivity index (χ4v) is 4.81. The zero-order valence-corrected chi connectivity index (χ0v) is 24.2. The lowest BCUT2D eigenvalue weighted by Crippen LogP contribution is -2.38. The van der Waals surface area contributed by atoms with Gasteiger partial charge < -0.3 is 29.1 Å². The number of Topliss-reactive ketones (excluding diaryl/α,β-unsaturated/α-hetero) is 1. The molecular formula is C31H42N2O6. The summed E-state index contributed by atoms with van der Waals surface area (Å²) in [6.07, 6.45) is 0.901. The highest BCUT2D eigenvalue weighted by molar-refractivity contribution is 6.46. The molecule has 2 aromatic carbocycles. The number of carbonyl (C=O) groups excluding carboxylic acids is 2. The van der Waals surface area contributed by atoms with Gasteiger partial charge in [0, 0.05) is 18.7 Å². The number of likely N-dealkylation sites (tertiary alicyclic amines) is 1. The Morgan fingerprint density at radius 2 is 1.67 bits per heavy atom. The van der Waals surface area contributed by atoms with E-state index >= 15 is 0 Å². The molecule has 1 heterocycles. The van der Waals surface area contributed by atoms with E-state index in [1.165, 1.54) is 0 Å². The number of methoxy groups -OCH3 is 2. The first-order valence-corrected chi connectivity index (χ1v) is 13.6. The molecule has 1 fully saturated rings. The molecule has 0 saturated carbocycles. The Hall–Kier alpha value is -3.52. The molecule has 0 bridgehead atoms. The van der Waals surface area contributed by atoms with Gasteiger partial charge in [-0.3, -0.25) is 9.59 Å². The minimum Gasteiger partial charge on any atom is -0.507 e. The van der Waals surface area contributed by atoms with Crippen molar-refractivity contribution in [1.29, 1.82) is 0 Å². The highest BCUT2D eigenvalue weighted by Crippen LogP contribution is 2.42. The van der Waals surface area contributed by atoms with Crippen molar-refractivity contribution in [2.24, 2.45) is 5.92 Å². The molecule has 1 unspecified atom stereocenters. The lowest BCUT2D eigenvalue weighted by Gasteiger charge is -2.28. The van der Waals surface area contributed by atoms with E-state index in [0.717, 1.165) is 25.1 Å². The van der Waals surface area contributed by atoms with Gasteiger partial charge in [0.25, 0.3) is 11.7 Å². The average Bonchev–Trinajstić information content (AvgIpc) is 3.18. The molecule has 212 valence electrons. The maximum atomic E-state index is 13.4. The number of aliphatic hydroxyl groups is 1. The van der Waals surface area contributed by atoms with Crippen LogP contribution < -0.4 is 14.2 Å². The molecule has 1 saturated heterocycles. The van der Waals surface area contributed by atoms with Crippen LogP contribution in [0.1, 0.15) is 56.8 Å². The third kappa shape index (κ3) is 6.74. The number of rotatable bonds is 13. The van der Waals surface area contributed by atoms with Gasteiger partial charge in [-0.25, -0.2) is 0 Å². The first-order valence-electron chi connectivity index (χ1n) is 13.6. The molecule has 8 nitrogen and oxygen atoms in total. The molecule has 0 radical (unpaired) electrons. The Morgan fingerprint density at radius 3 is 2.26 bits per heavy atom. The van der Waals surface area contributed by atoms with Crippen LogP contribution in [0.3, 0.4) is 0 Å². The van der Waals surface area contributed by atoms with Crippen LogP contribution in [0.2, 0.25) is 0 Å². The predicted molar refractivity (Wildman–Crippen MR) is 152 cm³/mol. The molecule has 1 atom stereocenters. The van der Waals surface area contributed by atoms with Crippen LogP contribution in [0, 0.1) is 12.8 Å². The standard InChI is InChI=1S/C31H42N2O6/c1-8-32(9-2)15-16-33-28(22-10-13-25(26(19-22)38-7)39-17-14-20(3)4)27(30(35)31(33)36)29(34)23-11-12-24(37-6)21(5)18-23/h10-13,18-20,28,34H,8-9,14-17H2,1-7H3/b29-27+. The SMILES string of the molecule is CCN(CC)CCN1C(=O)C(=O)/C(=C(/O)c2ccc(OC)c(C)c2)C1c1ccc(OCCC(C)C)c(OC)c1. The summed E-state index contributed by atoms with van der Waals surface area (Å²) in [5.41, 5.74) is 1.97. The zero-order chi connectivity index (χ0) is 28.7. The number of ketones is 1. The molecule has 3 rings (SSSR count). The molecule has 39 heavy (non-hydrogen) atoms. The van der Waals surface area contributed by atoms with E-state index in [1.807, 2.05) is 13.0 Å². The van der Waals surface area contributed by atoms with Gasteiger partial charge in [0.05, 0.1) is 32.4 Å². The van der Waals surface area contributed by atoms with Crippen LogP contribution in [-0.2, 0) is 9.59 Å². The van der Waals surface area contributed by atoms with Crippen molar-refractivity contribution >= 4 is 17.4 Å². The van der Waals surface area contributed by atoms with Crippen LogP contribution in [0.4, 0.5) is 0 Å². The quantitative estimate of drug-likeness (QED) is 0.213. The smallest absolute Gasteiger partial charge is 0.295 e. The van der Waals surface area contributed by atoms with Crippen LogP contribution in [0.5, 0.6) is 17.2 Å². The zero-order valence-electron chi connectivity index (χ0n) is 24.2. The molecule has 1 N–H and O–H groups in total. The number of aliphatic hydroxyl groups excluding tert-OH is 1. The molecule has 8 heteroatoms. The number of hydrogen-bond donors (Lipinski definition) is 1. The molecule has 0 aliphatic carbocycles. The minimum absolute atomic E-state index is 0.0552. The molecule has 2 aromatic rings. The van der Waals surface area contributed by atoms with Crippen molar-refractivity contribution in [3.63, 3.8) is 0 Å². The van der Waals surface area contributed by atoms with Gasteiger partial charge in [-0.1, -0.05) is 33.8 Å². The summed E-state index contributed by atoms with van der Waals surface area (Å²) >= 11 is 0. The molecule has 1 amide bonds. The lowest BCUT2D eigenvalue weighted by molar-refractivity contribution is -0.140. The molecule has 0 spiro atoms. The summed E-state index contributed by atoms with van der Waals surface area (Å²) in [4.78, 5) is 30.5. The van der Waals surface area contributed by atoms with E-state index in [1.54, 1.807) is 49.5 Å². The second-order valence-corrected chi connectivity index (χ2v) is 10.1. The number of nitrogens with zero attached hydrogens (tertiary/aromatic N) is 2. The van der Waals surface area contributed by atoms with Gasteiger partial charge in [0.1, 0.15) is 11.5 Å². The van der Waals surface area contributed by atoms with Gasteiger partial charge in [-0.15, -0.1) is 0 Å². The number of ether oxygens (including phenoxy) is 3. The Balaban J connectivity index is 2.11. The summed E-state index contributed by atoms with van der Waals surface area (Å²) in [5, 5.41) is 11.4. The number of likely N-dealkylation sites (N-methyl/N-ethyl adjacent to an activating group) is 1. The number of aryl methyl sites for hydroxylation is 1. The van der Waals surface area contributed by atoms with Crippen LogP contribution >= 0.6 is 0 Å². The largest absolute Gasteiger partial charge is 0.507 e. The third-order valence-corrected chi connectivity index (χ3v) is 7.22. The second kappa shape index (κ2) is 13.5. The molecular weight excluding hydrogens is 496 g/mol. The Bertz CT molecular complexity index is 1200. The summed E-state index contributed by atoms with van der Waals surface area (Å²) in [6.45, 7) is 13.4. The van der Waals surface area contributed by atoms with Crippen LogP contribution in [0.15, 0.2) is 42.0 Å². The molecule has 1 aliphatic heterocycles. The van der Waals surface area contributed by atoms with E-state index < -0.39 is 17.7 Å². The first-order chi connectivity index (χ1) is 18.7. The number of benzene rings is 2. The normalized spacial score (nSPS) is 16.8. The Labute approximate surface area is 232 Å².